The minimum Gasteiger partial charge on any atom is -0.327 e. The van der Waals surface area contributed by atoms with Crippen molar-refractivity contribution in [3.63, 3.8) is 0 Å². The molecule has 0 heterocycles. The summed E-state index contributed by atoms with van der Waals surface area (Å²) in [6, 6.07) is 1.08. The predicted molar refractivity (Wildman–Crippen MR) is 57.7 cm³/mol. The molecule has 0 aliphatic heterocycles. The lowest BCUT2D eigenvalue weighted by atomic mass is 10.1. The Morgan fingerprint density at radius 2 is 2.15 bits per heavy atom. The number of hydrogen-bond acceptors (Lipinski definition) is 2. The summed E-state index contributed by atoms with van der Waals surface area (Å²) in [5.41, 5.74) is 6.49. The van der Waals surface area contributed by atoms with Crippen LogP contribution >= 0.6 is 0 Å². The van der Waals surface area contributed by atoms with Crippen molar-refractivity contribution in [2.24, 2.45) is 11.1 Å². The van der Waals surface area contributed by atoms with Gasteiger partial charge >= 0.3 is 0 Å². The van der Waals surface area contributed by atoms with Crippen molar-refractivity contribution < 1.29 is 0 Å². The van der Waals surface area contributed by atoms with Crippen LogP contribution in [0.2, 0.25) is 0 Å². The first kappa shape index (κ1) is 11.0. The molecule has 2 nitrogen and oxygen atoms in total. The highest BCUT2D eigenvalue weighted by Crippen LogP contribution is 2.44. The summed E-state index contributed by atoms with van der Waals surface area (Å²) in [5, 5.41) is 3.53. The van der Waals surface area contributed by atoms with E-state index in [1.54, 1.807) is 0 Å². The molecule has 3 N–H and O–H groups in total. The third-order valence-electron chi connectivity index (χ3n) is 3.07. The fourth-order valence-electron chi connectivity index (χ4n) is 1.68. The average Bonchev–Trinajstić information content (AvgIpc) is 2.67. The van der Waals surface area contributed by atoms with Gasteiger partial charge in [-0.05, 0) is 18.3 Å². The zero-order chi connectivity index (χ0) is 9.90. The van der Waals surface area contributed by atoms with E-state index in [1.807, 2.05) is 0 Å². The summed E-state index contributed by atoms with van der Waals surface area (Å²) < 4.78 is 0. The molecule has 1 rings (SSSR count). The normalized spacial score (nSPS) is 27.2. The topological polar surface area (TPSA) is 38.0 Å². The second kappa shape index (κ2) is 4.43. The van der Waals surface area contributed by atoms with Gasteiger partial charge in [0.1, 0.15) is 0 Å². The fourth-order valence-corrected chi connectivity index (χ4v) is 1.68. The summed E-state index contributed by atoms with van der Waals surface area (Å²) in [6.07, 6.45) is 4.99. The standard InChI is InChI=1S/C11H24N2/c1-4-5-6-9(12)8-13-10-7-11(10,2)3/h9-10,13H,4-8,12H2,1-3H3. The molecule has 0 radical (unpaired) electrons. The number of nitrogens with one attached hydrogen (secondary N) is 1. The molecule has 0 amide bonds. The van der Waals surface area contributed by atoms with Crippen molar-refractivity contribution in [3.05, 3.63) is 0 Å². The smallest absolute Gasteiger partial charge is 0.0165 e. The van der Waals surface area contributed by atoms with Crippen LogP contribution in [0.3, 0.4) is 0 Å². The predicted octanol–water partition coefficient (Wildman–Crippen LogP) is 1.89. The average molecular weight is 184 g/mol. The Morgan fingerprint density at radius 1 is 1.54 bits per heavy atom. The van der Waals surface area contributed by atoms with Crippen molar-refractivity contribution in [3.8, 4) is 0 Å². The number of nitrogens with two attached hydrogens (primary N) is 1. The van der Waals surface area contributed by atoms with Crippen LogP contribution in [0.1, 0.15) is 46.5 Å². The molecule has 1 aliphatic carbocycles. The molecule has 0 aromatic rings. The van der Waals surface area contributed by atoms with E-state index in [0.717, 1.165) is 19.0 Å². The molecular weight excluding hydrogens is 160 g/mol. The van der Waals surface area contributed by atoms with E-state index in [4.69, 9.17) is 5.73 Å². The maximum atomic E-state index is 5.96. The second-order valence-corrected chi connectivity index (χ2v) is 5.06. The van der Waals surface area contributed by atoms with E-state index >= 15 is 0 Å². The molecule has 2 unspecified atom stereocenters. The Bertz CT molecular complexity index is 154. The Morgan fingerprint density at radius 3 is 2.62 bits per heavy atom. The Hall–Kier alpha value is -0.0800. The van der Waals surface area contributed by atoms with Crippen LogP contribution in [0.15, 0.2) is 0 Å². The largest absolute Gasteiger partial charge is 0.327 e. The Labute approximate surface area is 82.3 Å². The minimum atomic E-state index is 0.358. The van der Waals surface area contributed by atoms with Crippen LogP contribution in [0.25, 0.3) is 0 Å². The zero-order valence-electron chi connectivity index (χ0n) is 9.27. The first-order valence-corrected chi connectivity index (χ1v) is 5.55. The van der Waals surface area contributed by atoms with Gasteiger partial charge in [0.05, 0.1) is 0 Å². The summed E-state index contributed by atoms with van der Waals surface area (Å²) >= 11 is 0. The first-order chi connectivity index (χ1) is 6.06. The van der Waals surface area contributed by atoms with Crippen molar-refractivity contribution in [2.75, 3.05) is 6.54 Å². The molecule has 0 aromatic carbocycles. The third kappa shape index (κ3) is 3.65. The van der Waals surface area contributed by atoms with E-state index < -0.39 is 0 Å². The molecule has 2 heteroatoms. The monoisotopic (exact) mass is 184 g/mol. The molecule has 78 valence electrons. The van der Waals surface area contributed by atoms with Crippen LogP contribution in [-0.4, -0.2) is 18.6 Å². The highest BCUT2D eigenvalue weighted by atomic mass is 15.0. The minimum absolute atomic E-state index is 0.358. The van der Waals surface area contributed by atoms with Gasteiger partial charge in [-0.1, -0.05) is 33.6 Å². The Kier molecular flexibility index (Phi) is 3.74. The van der Waals surface area contributed by atoms with Gasteiger partial charge in [-0.15, -0.1) is 0 Å². The van der Waals surface area contributed by atoms with E-state index in [9.17, 15) is 0 Å². The molecule has 13 heavy (non-hydrogen) atoms. The van der Waals surface area contributed by atoms with E-state index in [1.165, 1.54) is 19.3 Å². The van der Waals surface area contributed by atoms with Gasteiger partial charge in [-0.25, -0.2) is 0 Å². The van der Waals surface area contributed by atoms with Crippen LogP contribution in [0, 0.1) is 5.41 Å². The highest BCUT2D eigenvalue weighted by Gasteiger charge is 2.45. The molecule has 2 atom stereocenters. The van der Waals surface area contributed by atoms with Gasteiger partial charge in [0.2, 0.25) is 0 Å². The molecule has 1 aliphatic rings. The lowest BCUT2D eigenvalue weighted by Gasteiger charge is -2.12. The number of rotatable bonds is 6. The maximum absolute atomic E-state index is 5.96. The van der Waals surface area contributed by atoms with Crippen LogP contribution < -0.4 is 11.1 Å². The first-order valence-electron chi connectivity index (χ1n) is 5.55. The summed E-state index contributed by atoms with van der Waals surface area (Å²) in [6.45, 7) is 7.82. The van der Waals surface area contributed by atoms with Gasteiger partial charge in [0, 0.05) is 18.6 Å². The summed E-state index contributed by atoms with van der Waals surface area (Å²) in [4.78, 5) is 0. The summed E-state index contributed by atoms with van der Waals surface area (Å²) in [7, 11) is 0. The quantitative estimate of drug-likeness (QED) is 0.661. The zero-order valence-corrected chi connectivity index (χ0v) is 9.27. The molecule has 1 saturated carbocycles. The van der Waals surface area contributed by atoms with E-state index in [-0.39, 0.29) is 0 Å². The maximum Gasteiger partial charge on any atom is 0.0165 e. The van der Waals surface area contributed by atoms with Gasteiger partial charge in [-0.3, -0.25) is 0 Å². The van der Waals surface area contributed by atoms with Crippen LogP contribution in [0.5, 0.6) is 0 Å². The van der Waals surface area contributed by atoms with Crippen LogP contribution in [-0.2, 0) is 0 Å². The SMILES string of the molecule is CCCCC(N)CNC1CC1(C)C. The van der Waals surface area contributed by atoms with Gasteiger partial charge < -0.3 is 11.1 Å². The molecule has 0 bridgehead atoms. The van der Waals surface area contributed by atoms with Crippen molar-refractivity contribution >= 4 is 0 Å². The summed E-state index contributed by atoms with van der Waals surface area (Å²) in [5.74, 6) is 0. The van der Waals surface area contributed by atoms with E-state index in [0.29, 0.717) is 11.5 Å². The molecule has 0 spiro atoms. The van der Waals surface area contributed by atoms with Gasteiger partial charge in [0.15, 0.2) is 0 Å². The van der Waals surface area contributed by atoms with Gasteiger partial charge in [0.25, 0.3) is 0 Å². The second-order valence-electron chi connectivity index (χ2n) is 5.06. The van der Waals surface area contributed by atoms with E-state index in [2.05, 4.69) is 26.1 Å². The number of hydrogen-bond donors (Lipinski definition) is 2. The lowest BCUT2D eigenvalue weighted by Crippen LogP contribution is -2.36. The molecule has 0 saturated heterocycles. The highest BCUT2D eigenvalue weighted by molar-refractivity contribution is 5.01. The fraction of sp³-hybridized carbons (Fsp3) is 1.00. The number of unbranched alkanes of at least 4 members (excludes halogenated alkanes) is 1. The van der Waals surface area contributed by atoms with Crippen molar-refractivity contribution in [1.29, 1.82) is 0 Å². The lowest BCUT2D eigenvalue weighted by molar-refractivity contribution is 0.485. The Balaban J connectivity index is 2.00. The molecular formula is C11H24N2. The molecule has 1 fully saturated rings. The third-order valence-corrected chi connectivity index (χ3v) is 3.07. The van der Waals surface area contributed by atoms with Crippen molar-refractivity contribution in [1.82, 2.24) is 5.32 Å². The van der Waals surface area contributed by atoms with Crippen LogP contribution in [0.4, 0.5) is 0 Å². The van der Waals surface area contributed by atoms with Gasteiger partial charge in [-0.2, -0.15) is 0 Å². The molecule has 0 aromatic heterocycles. The van der Waals surface area contributed by atoms with Crippen molar-refractivity contribution in [2.45, 2.75) is 58.5 Å².